The minimum absolute atomic E-state index is 0.577. The van der Waals surface area contributed by atoms with Crippen LogP contribution in [-0.2, 0) is 6.67 Å². The molecule has 0 aliphatic carbocycles. The third-order valence-electron chi connectivity index (χ3n) is 13.5. The zero-order valence-corrected chi connectivity index (χ0v) is 37.7. The molecule has 2 aromatic heterocycles. The van der Waals surface area contributed by atoms with Crippen LogP contribution in [0.15, 0.2) is 243 Å². The van der Waals surface area contributed by atoms with Gasteiger partial charge in [0.1, 0.15) is 18.2 Å². The van der Waals surface area contributed by atoms with Gasteiger partial charge < -0.3 is 24.4 Å². The number of para-hydroxylation sites is 6. The highest BCUT2D eigenvalue weighted by molar-refractivity contribution is 6.10. The van der Waals surface area contributed by atoms with Crippen LogP contribution in [0.25, 0.3) is 77.0 Å². The molecular formula is C63H45N5O. The minimum Gasteiger partial charge on any atom is -0.457 e. The Balaban J connectivity index is 0.804. The molecule has 12 aromatic rings. The van der Waals surface area contributed by atoms with Gasteiger partial charge in [-0.1, -0.05) is 164 Å². The summed E-state index contributed by atoms with van der Waals surface area (Å²) >= 11 is 0. The summed E-state index contributed by atoms with van der Waals surface area (Å²) in [5, 5.41) is 8.43. The van der Waals surface area contributed by atoms with Crippen molar-refractivity contribution in [3.05, 3.63) is 243 Å². The molecule has 0 unspecified atom stereocenters. The number of anilines is 5. The molecule has 0 radical (unpaired) electrons. The fraction of sp³-hybridized carbons (Fsp3) is 0.0317. The third kappa shape index (κ3) is 7.18. The molecule has 1 aliphatic heterocycles. The molecule has 6 nitrogen and oxygen atoms in total. The van der Waals surface area contributed by atoms with Crippen molar-refractivity contribution < 1.29 is 4.74 Å². The van der Waals surface area contributed by atoms with Gasteiger partial charge in [0, 0.05) is 61.7 Å². The Labute approximate surface area is 400 Å². The van der Waals surface area contributed by atoms with Crippen molar-refractivity contribution in [2.75, 3.05) is 21.8 Å². The van der Waals surface area contributed by atoms with Gasteiger partial charge in [0.15, 0.2) is 0 Å². The number of hydrogen-bond donors (Lipinski definition) is 1. The van der Waals surface area contributed by atoms with Gasteiger partial charge in [-0.15, -0.1) is 0 Å². The van der Waals surface area contributed by atoms with E-state index in [0.717, 1.165) is 72.7 Å². The van der Waals surface area contributed by atoms with Crippen LogP contribution in [0, 0.1) is 0 Å². The Hall–Kier alpha value is -9.13. The Kier molecular flexibility index (Phi) is 9.86. The van der Waals surface area contributed by atoms with Gasteiger partial charge in [-0.3, -0.25) is 0 Å². The molecule has 6 heteroatoms. The van der Waals surface area contributed by atoms with E-state index in [1.165, 1.54) is 44.3 Å². The number of aromatic nitrogens is 2. The number of fused-ring (bicyclic) bond motifs is 6. The zero-order valence-electron chi connectivity index (χ0n) is 37.7. The van der Waals surface area contributed by atoms with E-state index in [1.807, 2.05) is 6.07 Å². The molecule has 0 atom stereocenters. The third-order valence-corrected chi connectivity index (χ3v) is 13.5. The van der Waals surface area contributed by atoms with Gasteiger partial charge in [0.2, 0.25) is 0 Å². The Bertz CT molecular complexity index is 3750. The molecule has 0 saturated heterocycles. The van der Waals surface area contributed by atoms with Gasteiger partial charge in [0.25, 0.3) is 0 Å². The SMILES string of the molecule is c1ccc(-c2cccc(-c3ccccc3)c2N2CN(c3cccc(Oc4ccc5c6ccccc6n(CNc6ccc(-c7c8ccccc8nc8ccccc78)cc6)c5c4)c3)c3ccccc32)cc1. The van der Waals surface area contributed by atoms with Crippen LogP contribution in [0.1, 0.15) is 0 Å². The van der Waals surface area contributed by atoms with Crippen LogP contribution >= 0.6 is 0 Å². The molecule has 0 saturated carbocycles. The van der Waals surface area contributed by atoms with Gasteiger partial charge in [-0.2, -0.15) is 0 Å². The number of hydrogen-bond acceptors (Lipinski definition) is 5. The molecule has 0 spiro atoms. The highest BCUT2D eigenvalue weighted by atomic mass is 16.5. The molecule has 0 bridgehead atoms. The van der Waals surface area contributed by atoms with E-state index in [0.29, 0.717) is 13.3 Å². The van der Waals surface area contributed by atoms with Crippen LogP contribution in [0.2, 0.25) is 0 Å². The standard InChI is InChI=1S/C63H45N5O/c1-3-17-43(18-4-1)50-26-16-27-51(44-19-5-2-6-20-44)63(50)68-42-67(59-31-13-14-32-60(59)68)47-21-15-22-48(39-47)69-49-37-38-53-52-23-9-12-30-58(52)66(61(53)40-49)41-64-46-35-33-45(34-36-46)62-54-24-7-10-28-56(54)65-57-29-11-8-25-55(57)62/h1-40,64H,41-42H2. The lowest BCUT2D eigenvalue weighted by molar-refractivity contribution is 0.483. The van der Waals surface area contributed by atoms with E-state index in [2.05, 4.69) is 256 Å². The van der Waals surface area contributed by atoms with E-state index in [9.17, 15) is 0 Å². The molecule has 1 N–H and O–H groups in total. The van der Waals surface area contributed by atoms with E-state index < -0.39 is 0 Å². The minimum atomic E-state index is 0.577. The van der Waals surface area contributed by atoms with Crippen LogP contribution < -0.4 is 19.9 Å². The summed E-state index contributed by atoms with van der Waals surface area (Å²) in [5.41, 5.74) is 16.9. The van der Waals surface area contributed by atoms with E-state index in [4.69, 9.17) is 9.72 Å². The molecule has 13 rings (SSSR count). The van der Waals surface area contributed by atoms with Crippen LogP contribution in [0.3, 0.4) is 0 Å². The number of pyridine rings is 1. The average molecular weight is 888 g/mol. The summed E-state index contributed by atoms with van der Waals surface area (Å²) in [5.74, 6) is 1.55. The number of benzene rings is 10. The Morgan fingerprint density at radius 1 is 0.420 bits per heavy atom. The smallest absolute Gasteiger partial charge is 0.129 e. The number of nitrogens with zero attached hydrogens (tertiary/aromatic N) is 4. The van der Waals surface area contributed by atoms with Crippen molar-refractivity contribution in [2.45, 2.75) is 6.67 Å². The first-order chi connectivity index (χ1) is 34.2. The van der Waals surface area contributed by atoms with Crippen molar-refractivity contribution in [3.8, 4) is 44.9 Å². The second-order valence-corrected chi connectivity index (χ2v) is 17.6. The van der Waals surface area contributed by atoms with E-state index in [1.54, 1.807) is 0 Å². The monoisotopic (exact) mass is 887 g/mol. The van der Waals surface area contributed by atoms with Crippen molar-refractivity contribution in [3.63, 3.8) is 0 Å². The van der Waals surface area contributed by atoms with Crippen molar-refractivity contribution in [1.29, 1.82) is 0 Å². The normalized spacial score (nSPS) is 12.3. The fourth-order valence-electron chi connectivity index (χ4n) is 10.4. The topological polar surface area (TPSA) is 45.6 Å². The predicted octanol–water partition coefficient (Wildman–Crippen LogP) is 16.6. The quantitative estimate of drug-likeness (QED) is 0.139. The summed E-state index contributed by atoms with van der Waals surface area (Å²) in [6.07, 6.45) is 0. The average Bonchev–Trinajstić information content (AvgIpc) is 3.95. The Morgan fingerprint density at radius 3 is 1.68 bits per heavy atom. The molecule has 328 valence electrons. The highest BCUT2D eigenvalue weighted by Crippen LogP contribution is 2.50. The molecule has 1 aliphatic rings. The maximum atomic E-state index is 6.79. The first-order valence-corrected chi connectivity index (χ1v) is 23.5. The molecule has 69 heavy (non-hydrogen) atoms. The molecule has 0 amide bonds. The highest BCUT2D eigenvalue weighted by Gasteiger charge is 2.31. The summed E-state index contributed by atoms with van der Waals surface area (Å²) in [6.45, 7) is 1.21. The Morgan fingerprint density at radius 2 is 0.986 bits per heavy atom. The molecular weight excluding hydrogens is 843 g/mol. The maximum Gasteiger partial charge on any atom is 0.129 e. The van der Waals surface area contributed by atoms with Crippen LogP contribution in [0.4, 0.5) is 28.4 Å². The summed E-state index contributed by atoms with van der Waals surface area (Å²) in [7, 11) is 0. The predicted molar refractivity (Wildman–Crippen MR) is 287 cm³/mol. The maximum absolute atomic E-state index is 6.79. The van der Waals surface area contributed by atoms with Gasteiger partial charge in [-0.25, -0.2) is 4.98 Å². The van der Waals surface area contributed by atoms with Crippen LogP contribution in [-0.4, -0.2) is 16.2 Å². The van der Waals surface area contributed by atoms with Crippen molar-refractivity contribution >= 4 is 72.0 Å². The number of rotatable bonds is 10. The fourth-order valence-corrected chi connectivity index (χ4v) is 10.4. The first kappa shape index (κ1) is 40.2. The summed E-state index contributed by atoms with van der Waals surface area (Å²) in [6, 6.07) is 85.9. The summed E-state index contributed by atoms with van der Waals surface area (Å²) < 4.78 is 9.14. The lowest BCUT2D eigenvalue weighted by Crippen LogP contribution is -2.24. The summed E-state index contributed by atoms with van der Waals surface area (Å²) in [4.78, 5) is 9.81. The lowest BCUT2D eigenvalue weighted by atomic mass is 9.95. The number of ether oxygens (including phenoxy) is 1. The number of nitrogens with one attached hydrogen (secondary N) is 1. The van der Waals surface area contributed by atoms with E-state index in [-0.39, 0.29) is 0 Å². The van der Waals surface area contributed by atoms with E-state index >= 15 is 0 Å². The van der Waals surface area contributed by atoms with Gasteiger partial charge >= 0.3 is 0 Å². The van der Waals surface area contributed by atoms with Crippen molar-refractivity contribution in [1.82, 2.24) is 9.55 Å². The molecule has 0 fully saturated rings. The van der Waals surface area contributed by atoms with Gasteiger partial charge in [-0.05, 0) is 83.4 Å². The van der Waals surface area contributed by atoms with Gasteiger partial charge in [0.05, 0.1) is 45.8 Å². The van der Waals surface area contributed by atoms with Crippen LogP contribution in [0.5, 0.6) is 11.5 Å². The zero-order chi connectivity index (χ0) is 45.7. The largest absolute Gasteiger partial charge is 0.457 e. The second kappa shape index (κ2) is 16.9. The van der Waals surface area contributed by atoms with Crippen molar-refractivity contribution in [2.24, 2.45) is 0 Å². The second-order valence-electron chi connectivity index (χ2n) is 17.6. The first-order valence-electron chi connectivity index (χ1n) is 23.5. The molecule has 3 heterocycles. The lowest BCUT2D eigenvalue weighted by Gasteiger charge is -2.27. The molecule has 10 aromatic carbocycles.